The summed E-state index contributed by atoms with van der Waals surface area (Å²) in [5.74, 6) is -2.37. The number of rotatable bonds is 5. The number of benzene rings is 2. The zero-order chi connectivity index (χ0) is 20.1. The Hall–Kier alpha value is -3.88. The van der Waals surface area contributed by atoms with Gasteiger partial charge in [0.05, 0.1) is 0 Å². The highest BCUT2D eigenvalue weighted by Gasteiger charge is 2.14. The Morgan fingerprint density at radius 3 is 2.04 bits per heavy atom. The third kappa shape index (κ3) is 4.64. The van der Waals surface area contributed by atoms with E-state index in [1.807, 2.05) is 0 Å². The second-order valence-electron chi connectivity index (χ2n) is 5.74. The van der Waals surface area contributed by atoms with Crippen LogP contribution in [0.4, 0.5) is 31.7 Å². The highest BCUT2D eigenvalue weighted by Crippen LogP contribution is 2.20. The van der Waals surface area contributed by atoms with E-state index in [9.17, 15) is 18.4 Å². The second kappa shape index (κ2) is 8.21. The van der Waals surface area contributed by atoms with Gasteiger partial charge in [0.25, 0.3) is 5.91 Å². The van der Waals surface area contributed by atoms with Crippen molar-refractivity contribution in [3.8, 4) is 0 Å². The van der Waals surface area contributed by atoms with Crippen LogP contribution in [-0.4, -0.2) is 22.0 Å². The number of para-hydroxylation sites is 1. The molecule has 0 spiro atoms. The number of hydrogen-bond acceptors (Lipinski definition) is 5. The third-order valence-electron chi connectivity index (χ3n) is 3.58. The molecule has 9 heteroatoms. The lowest BCUT2D eigenvalue weighted by atomic mass is 10.2. The first-order valence-electron chi connectivity index (χ1n) is 8.16. The summed E-state index contributed by atoms with van der Waals surface area (Å²) in [6, 6.07) is 13.0. The van der Waals surface area contributed by atoms with Crippen LogP contribution < -0.4 is 16.0 Å². The van der Waals surface area contributed by atoms with Gasteiger partial charge in [-0.25, -0.2) is 8.78 Å². The Morgan fingerprint density at radius 1 is 0.821 bits per heavy atom. The Morgan fingerprint density at radius 2 is 1.46 bits per heavy atom. The number of halogens is 2. The molecular weight excluding hydrogens is 368 g/mol. The quantitative estimate of drug-likeness (QED) is 0.624. The molecule has 0 unspecified atom stereocenters. The molecule has 0 bridgehead atoms. The van der Waals surface area contributed by atoms with Crippen molar-refractivity contribution >= 4 is 34.7 Å². The van der Waals surface area contributed by atoms with Gasteiger partial charge in [-0.2, -0.15) is 0 Å². The summed E-state index contributed by atoms with van der Waals surface area (Å²) >= 11 is 0. The van der Waals surface area contributed by atoms with E-state index in [0.29, 0.717) is 17.2 Å². The lowest BCUT2D eigenvalue weighted by molar-refractivity contribution is -0.114. The van der Waals surface area contributed by atoms with E-state index in [1.165, 1.54) is 25.1 Å². The van der Waals surface area contributed by atoms with Gasteiger partial charge in [0.2, 0.25) is 5.91 Å². The van der Waals surface area contributed by atoms with Crippen LogP contribution in [0.25, 0.3) is 0 Å². The molecule has 3 rings (SSSR count). The Labute approximate surface area is 158 Å². The molecule has 2 aromatic carbocycles. The van der Waals surface area contributed by atoms with Crippen LogP contribution in [0, 0.1) is 11.6 Å². The van der Waals surface area contributed by atoms with Crippen molar-refractivity contribution in [3.63, 3.8) is 0 Å². The van der Waals surface area contributed by atoms with E-state index < -0.39 is 23.2 Å². The predicted molar refractivity (Wildman–Crippen MR) is 100 cm³/mol. The monoisotopic (exact) mass is 383 g/mol. The number of nitrogens with one attached hydrogen (secondary N) is 3. The maximum absolute atomic E-state index is 13.6. The van der Waals surface area contributed by atoms with Crippen LogP contribution in [0.5, 0.6) is 0 Å². The number of amides is 2. The minimum atomic E-state index is -0.887. The Balaban J connectivity index is 1.66. The van der Waals surface area contributed by atoms with Crippen molar-refractivity contribution in [1.82, 2.24) is 10.2 Å². The zero-order valence-electron chi connectivity index (χ0n) is 14.7. The molecule has 1 heterocycles. The maximum Gasteiger partial charge on any atom is 0.276 e. The normalized spacial score (nSPS) is 10.2. The van der Waals surface area contributed by atoms with Crippen molar-refractivity contribution in [3.05, 3.63) is 71.9 Å². The Kier molecular flexibility index (Phi) is 5.54. The molecule has 0 saturated carbocycles. The zero-order valence-corrected chi connectivity index (χ0v) is 14.7. The van der Waals surface area contributed by atoms with E-state index in [0.717, 1.165) is 12.1 Å². The molecule has 2 amide bonds. The number of aromatic nitrogens is 2. The fourth-order valence-electron chi connectivity index (χ4n) is 2.30. The van der Waals surface area contributed by atoms with Gasteiger partial charge in [-0.05, 0) is 48.5 Å². The van der Waals surface area contributed by atoms with Gasteiger partial charge in [0.15, 0.2) is 11.5 Å². The van der Waals surface area contributed by atoms with Crippen molar-refractivity contribution in [2.24, 2.45) is 0 Å². The highest BCUT2D eigenvalue weighted by molar-refractivity contribution is 6.03. The first kappa shape index (κ1) is 18.9. The SMILES string of the molecule is CC(=O)Nc1ccc(Nc2ccc(C(=O)Nc3c(F)cccc3F)nn2)cc1. The molecule has 0 aliphatic carbocycles. The number of anilines is 4. The lowest BCUT2D eigenvalue weighted by Gasteiger charge is -2.08. The minimum Gasteiger partial charge on any atom is -0.339 e. The largest absolute Gasteiger partial charge is 0.339 e. The van der Waals surface area contributed by atoms with Crippen LogP contribution in [0.15, 0.2) is 54.6 Å². The topological polar surface area (TPSA) is 96.0 Å². The van der Waals surface area contributed by atoms with Crippen molar-refractivity contribution in [2.75, 3.05) is 16.0 Å². The van der Waals surface area contributed by atoms with Gasteiger partial charge in [-0.3, -0.25) is 9.59 Å². The molecule has 3 aromatic rings. The number of carbonyl (C=O) groups excluding carboxylic acids is 2. The first-order chi connectivity index (χ1) is 13.4. The third-order valence-corrected chi connectivity index (χ3v) is 3.58. The molecule has 0 fully saturated rings. The van der Waals surface area contributed by atoms with Gasteiger partial charge in [-0.1, -0.05) is 6.07 Å². The molecule has 0 saturated heterocycles. The van der Waals surface area contributed by atoms with Crippen LogP contribution in [0.3, 0.4) is 0 Å². The minimum absolute atomic E-state index is 0.103. The van der Waals surface area contributed by atoms with Gasteiger partial charge in [0.1, 0.15) is 17.3 Å². The van der Waals surface area contributed by atoms with Gasteiger partial charge in [-0.15, -0.1) is 10.2 Å². The summed E-state index contributed by atoms with van der Waals surface area (Å²) < 4.78 is 27.2. The summed E-state index contributed by atoms with van der Waals surface area (Å²) in [5, 5.41) is 15.4. The molecule has 0 aliphatic rings. The number of nitrogens with zero attached hydrogens (tertiary/aromatic N) is 2. The molecule has 3 N–H and O–H groups in total. The summed E-state index contributed by atoms with van der Waals surface area (Å²) in [5.41, 5.74) is 0.690. The lowest BCUT2D eigenvalue weighted by Crippen LogP contribution is -2.16. The average molecular weight is 383 g/mol. The van der Waals surface area contributed by atoms with Crippen LogP contribution >= 0.6 is 0 Å². The maximum atomic E-state index is 13.6. The fourth-order valence-corrected chi connectivity index (χ4v) is 2.30. The summed E-state index contributed by atoms with van der Waals surface area (Å²) in [4.78, 5) is 23.1. The second-order valence-corrected chi connectivity index (χ2v) is 5.74. The van der Waals surface area contributed by atoms with E-state index in [1.54, 1.807) is 24.3 Å². The smallest absolute Gasteiger partial charge is 0.276 e. The number of carbonyl (C=O) groups is 2. The van der Waals surface area contributed by atoms with E-state index in [-0.39, 0.29) is 11.6 Å². The predicted octanol–water partition coefficient (Wildman–Crippen LogP) is 3.71. The van der Waals surface area contributed by atoms with Crippen molar-refractivity contribution in [1.29, 1.82) is 0 Å². The summed E-state index contributed by atoms with van der Waals surface area (Å²) in [6.45, 7) is 1.42. The van der Waals surface area contributed by atoms with Gasteiger partial charge >= 0.3 is 0 Å². The standard InChI is InChI=1S/C19H15F2N5O2/c1-11(27)22-12-5-7-13(8-6-12)23-17-10-9-16(25-26-17)19(28)24-18-14(20)3-2-4-15(18)21/h2-10H,1H3,(H,22,27)(H,23,26)(H,24,28). The Bertz CT molecular complexity index is 988. The van der Waals surface area contributed by atoms with E-state index in [4.69, 9.17) is 0 Å². The van der Waals surface area contributed by atoms with Gasteiger partial charge in [0, 0.05) is 18.3 Å². The van der Waals surface area contributed by atoms with E-state index >= 15 is 0 Å². The van der Waals surface area contributed by atoms with Crippen LogP contribution in [-0.2, 0) is 4.79 Å². The van der Waals surface area contributed by atoms with Crippen LogP contribution in [0.1, 0.15) is 17.4 Å². The molecule has 0 aliphatic heterocycles. The van der Waals surface area contributed by atoms with Crippen LogP contribution in [0.2, 0.25) is 0 Å². The summed E-state index contributed by atoms with van der Waals surface area (Å²) in [6.07, 6.45) is 0. The van der Waals surface area contributed by atoms with Crippen molar-refractivity contribution in [2.45, 2.75) is 6.92 Å². The molecule has 142 valence electrons. The molecule has 28 heavy (non-hydrogen) atoms. The highest BCUT2D eigenvalue weighted by atomic mass is 19.1. The molecule has 0 atom stereocenters. The van der Waals surface area contributed by atoms with E-state index in [2.05, 4.69) is 26.1 Å². The molecule has 7 nitrogen and oxygen atoms in total. The number of hydrogen-bond donors (Lipinski definition) is 3. The average Bonchev–Trinajstić information content (AvgIpc) is 2.66. The van der Waals surface area contributed by atoms with Crippen molar-refractivity contribution < 1.29 is 18.4 Å². The molecule has 1 aromatic heterocycles. The summed E-state index contributed by atoms with van der Waals surface area (Å²) in [7, 11) is 0. The van der Waals surface area contributed by atoms with Gasteiger partial charge < -0.3 is 16.0 Å². The first-order valence-corrected chi connectivity index (χ1v) is 8.16. The molecule has 0 radical (unpaired) electrons. The fraction of sp³-hybridized carbons (Fsp3) is 0.0526. The molecular formula is C19H15F2N5O2.